The van der Waals surface area contributed by atoms with Crippen LogP contribution in [0.3, 0.4) is 0 Å². The second kappa shape index (κ2) is 12.2. The zero-order chi connectivity index (χ0) is 29.9. The molecular formula is C31H37N5O6. The molecule has 1 saturated carbocycles. The molecule has 3 aromatic rings. The van der Waals surface area contributed by atoms with Crippen LogP contribution in [0.25, 0.3) is 5.52 Å². The summed E-state index contributed by atoms with van der Waals surface area (Å²) in [5.41, 5.74) is 3.03. The van der Waals surface area contributed by atoms with Gasteiger partial charge in [-0.1, -0.05) is 12.1 Å². The fraction of sp³-hybridized carbons (Fsp3) is 0.452. The van der Waals surface area contributed by atoms with Crippen molar-refractivity contribution in [1.29, 1.82) is 0 Å². The summed E-state index contributed by atoms with van der Waals surface area (Å²) in [4.78, 5) is 37.0. The van der Waals surface area contributed by atoms with Crippen LogP contribution in [-0.2, 0) is 0 Å². The molecule has 2 aliphatic rings. The molecule has 2 N–H and O–H groups in total. The highest BCUT2D eigenvalue weighted by Crippen LogP contribution is 2.33. The molecule has 42 heavy (non-hydrogen) atoms. The van der Waals surface area contributed by atoms with E-state index in [1.54, 1.807) is 62.0 Å². The maximum atomic E-state index is 13.1. The number of benzene rings is 1. The van der Waals surface area contributed by atoms with E-state index in [4.69, 9.17) is 14.2 Å². The molecule has 11 heteroatoms. The molecule has 0 atom stereocenters. The second-order valence-electron chi connectivity index (χ2n) is 11.4. The van der Waals surface area contributed by atoms with Gasteiger partial charge in [-0.15, -0.1) is 0 Å². The summed E-state index contributed by atoms with van der Waals surface area (Å²) >= 11 is 0. The largest absolute Gasteiger partial charge is 0.497 e. The monoisotopic (exact) mass is 575 g/mol. The number of fused-ring (bicyclic) bond motifs is 1. The van der Waals surface area contributed by atoms with Crippen molar-refractivity contribution >= 4 is 17.3 Å². The van der Waals surface area contributed by atoms with E-state index in [0.717, 1.165) is 44.2 Å². The molecule has 0 spiro atoms. The minimum Gasteiger partial charge on any atom is -0.497 e. The summed E-state index contributed by atoms with van der Waals surface area (Å²) in [6, 6.07) is 8.76. The van der Waals surface area contributed by atoms with E-state index in [1.165, 1.54) is 11.8 Å². The van der Waals surface area contributed by atoms with Gasteiger partial charge in [0.1, 0.15) is 29.4 Å². The number of hydrogen-bond donors (Lipinski definition) is 2. The normalized spacial score (nSPS) is 18.4. The minimum absolute atomic E-state index is 0.00433. The molecule has 0 radical (unpaired) electrons. The first-order chi connectivity index (χ1) is 20.2. The first-order valence-electron chi connectivity index (χ1n) is 14.3. The highest BCUT2D eigenvalue weighted by Gasteiger charge is 2.28. The van der Waals surface area contributed by atoms with Crippen LogP contribution in [0.4, 0.5) is 0 Å². The Morgan fingerprint density at radius 1 is 1.07 bits per heavy atom. The number of aromatic nitrogens is 2. The molecule has 0 aliphatic heterocycles. The topological polar surface area (TPSA) is 133 Å². The lowest BCUT2D eigenvalue weighted by atomic mass is 9.92. The standard InChI is InChI=1S/C31H37N5O6/c1-5-19-14-26(19)34-29(37)24-12-10-22(40-4)15-28(24)42-21-8-6-20(7-9-21)33-30(38)25-16-32-36-17-23(11-13-27(25)36)41-18-31(2,3)35-39/h10-13,15-17,20-21H,5-9,14,18H2,1-4H3,(H,33,38)(H,34,37). The van der Waals surface area contributed by atoms with Gasteiger partial charge in [0.25, 0.3) is 11.8 Å². The van der Waals surface area contributed by atoms with Crippen LogP contribution < -0.4 is 24.8 Å². The predicted molar refractivity (Wildman–Crippen MR) is 157 cm³/mol. The van der Waals surface area contributed by atoms with E-state index in [2.05, 4.69) is 27.8 Å². The number of pyridine rings is 1. The van der Waals surface area contributed by atoms with Crippen molar-refractivity contribution in [2.75, 3.05) is 13.7 Å². The Labute approximate surface area is 244 Å². The van der Waals surface area contributed by atoms with E-state index in [9.17, 15) is 14.5 Å². The average molecular weight is 576 g/mol. The van der Waals surface area contributed by atoms with Crippen LogP contribution in [0.1, 0.15) is 80.0 Å². The van der Waals surface area contributed by atoms with E-state index in [0.29, 0.717) is 33.9 Å². The fourth-order valence-corrected chi connectivity index (χ4v) is 5.04. The van der Waals surface area contributed by atoms with Gasteiger partial charge in [-0.3, -0.25) is 9.59 Å². The van der Waals surface area contributed by atoms with Crippen molar-refractivity contribution in [3.05, 3.63) is 70.0 Å². The van der Waals surface area contributed by atoms with Gasteiger partial charge in [0.05, 0.1) is 42.3 Å². The molecule has 2 heterocycles. The third-order valence-electron chi connectivity index (χ3n) is 7.69. The zero-order valence-corrected chi connectivity index (χ0v) is 24.4. The van der Waals surface area contributed by atoms with E-state index in [-0.39, 0.29) is 30.6 Å². The Bertz CT molecular complexity index is 1520. The number of carbonyl (C=O) groups is 2. The molecule has 1 aromatic carbocycles. The van der Waals surface area contributed by atoms with Gasteiger partial charge in [0.15, 0.2) is 0 Å². The number of hydrogen-bond acceptors (Lipinski definition) is 8. The third-order valence-corrected chi connectivity index (χ3v) is 7.69. The van der Waals surface area contributed by atoms with Crippen LogP contribution in [0.2, 0.25) is 0 Å². The van der Waals surface area contributed by atoms with Gasteiger partial charge < -0.3 is 24.8 Å². The van der Waals surface area contributed by atoms with Crippen molar-refractivity contribution in [3.8, 4) is 17.2 Å². The molecule has 2 amide bonds. The van der Waals surface area contributed by atoms with Crippen LogP contribution in [0.15, 0.2) is 59.2 Å². The van der Waals surface area contributed by atoms with Gasteiger partial charge in [-0.05, 0) is 75.8 Å². The lowest BCUT2D eigenvalue weighted by molar-refractivity contribution is 0.0883. The van der Waals surface area contributed by atoms with Crippen molar-refractivity contribution < 1.29 is 23.8 Å². The summed E-state index contributed by atoms with van der Waals surface area (Å²) in [6.45, 7) is 5.60. The van der Waals surface area contributed by atoms with Gasteiger partial charge in [0.2, 0.25) is 0 Å². The number of allylic oxidation sites excluding steroid dienone is 2. The predicted octanol–water partition coefficient (Wildman–Crippen LogP) is 5.18. The number of carbonyl (C=O) groups excluding carboxylic acids is 2. The van der Waals surface area contributed by atoms with E-state index in [1.807, 2.05) is 0 Å². The van der Waals surface area contributed by atoms with Crippen LogP contribution >= 0.6 is 0 Å². The number of ether oxygens (including phenoxy) is 3. The van der Waals surface area contributed by atoms with Gasteiger partial charge in [-0.25, -0.2) is 4.52 Å². The lowest BCUT2D eigenvalue weighted by Crippen LogP contribution is -2.39. The zero-order valence-electron chi connectivity index (χ0n) is 24.4. The number of methoxy groups -OCH3 is 1. The summed E-state index contributed by atoms with van der Waals surface area (Å²) in [7, 11) is 1.58. The third kappa shape index (κ3) is 6.72. The van der Waals surface area contributed by atoms with Gasteiger partial charge in [0, 0.05) is 24.2 Å². The molecule has 11 nitrogen and oxygen atoms in total. The Hall–Kier alpha value is -4.41. The fourth-order valence-electron chi connectivity index (χ4n) is 5.04. The first-order valence-corrected chi connectivity index (χ1v) is 14.3. The second-order valence-corrected chi connectivity index (χ2v) is 11.4. The molecule has 2 aliphatic carbocycles. The Kier molecular flexibility index (Phi) is 8.46. The average Bonchev–Trinajstić information content (AvgIpc) is 3.61. The molecular weight excluding hydrogens is 538 g/mol. The highest BCUT2D eigenvalue weighted by atomic mass is 16.5. The molecule has 222 valence electrons. The maximum Gasteiger partial charge on any atom is 0.259 e. The Morgan fingerprint density at radius 3 is 2.52 bits per heavy atom. The molecule has 0 saturated heterocycles. The van der Waals surface area contributed by atoms with Crippen molar-refractivity contribution in [3.63, 3.8) is 0 Å². The summed E-state index contributed by atoms with van der Waals surface area (Å²) in [5.74, 6) is 1.28. The first kappa shape index (κ1) is 29.1. The smallest absolute Gasteiger partial charge is 0.259 e. The molecule has 0 unspecified atom stereocenters. The molecule has 5 rings (SSSR count). The Balaban J connectivity index is 1.17. The van der Waals surface area contributed by atoms with E-state index < -0.39 is 5.54 Å². The van der Waals surface area contributed by atoms with Crippen molar-refractivity contribution in [2.45, 2.75) is 77.0 Å². The maximum absolute atomic E-state index is 13.1. The van der Waals surface area contributed by atoms with Crippen LogP contribution in [0, 0.1) is 4.91 Å². The Morgan fingerprint density at radius 2 is 1.83 bits per heavy atom. The SMILES string of the molecule is CCC1=C(NC(=O)c2ccc(OC)cc2OC2CCC(NC(=O)c3cnn4cc(OCC(C)(C)N=O)ccc34)CC2)C1. The summed E-state index contributed by atoms with van der Waals surface area (Å²) in [6.07, 6.45) is 7.87. The van der Waals surface area contributed by atoms with E-state index >= 15 is 0 Å². The van der Waals surface area contributed by atoms with Crippen LogP contribution in [-0.4, -0.2) is 52.8 Å². The number of amides is 2. The summed E-state index contributed by atoms with van der Waals surface area (Å²) < 4.78 is 19.0. The number of rotatable bonds is 12. The van der Waals surface area contributed by atoms with Gasteiger partial charge >= 0.3 is 0 Å². The highest BCUT2D eigenvalue weighted by molar-refractivity contribution is 6.01. The number of nitrogens with one attached hydrogen (secondary N) is 2. The number of nitrogens with zero attached hydrogens (tertiary/aromatic N) is 3. The molecule has 2 aromatic heterocycles. The summed E-state index contributed by atoms with van der Waals surface area (Å²) in [5, 5.41) is 13.5. The molecule has 1 fully saturated rings. The van der Waals surface area contributed by atoms with Gasteiger partial charge in [-0.2, -0.15) is 10.0 Å². The number of nitroso groups, excluding NO2 is 1. The quantitative estimate of drug-likeness (QED) is 0.284. The minimum atomic E-state index is -0.841. The van der Waals surface area contributed by atoms with Crippen LogP contribution in [0.5, 0.6) is 17.2 Å². The molecule has 0 bridgehead atoms. The van der Waals surface area contributed by atoms with Crippen molar-refractivity contribution in [2.24, 2.45) is 5.18 Å². The lowest BCUT2D eigenvalue weighted by Gasteiger charge is -2.30. The van der Waals surface area contributed by atoms with Crippen molar-refractivity contribution in [1.82, 2.24) is 20.2 Å².